The van der Waals surface area contributed by atoms with Gasteiger partial charge in [-0.1, -0.05) is 0 Å². The lowest BCUT2D eigenvalue weighted by atomic mass is 10.2. The molecule has 0 spiro atoms. The Kier molecular flexibility index (Phi) is 3.31. The normalized spacial score (nSPS) is 13.9. The summed E-state index contributed by atoms with van der Waals surface area (Å²) in [6, 6.07) is 5.64. The molecule has 0 saturated carbocycles. The molecule has 0 saturated heterocycles. The number of carbonyl (C=O) groups is 1. The number of hydrogen-bond donors (Lipinski definition) is 1. The van der Waals surface area contributed by atoms with Crippen LogP contribution in [0.2, 0.25) is 0 Å². The quantitative estimate of drug-likeness (QED) is 0.813. The summed E-state index contributed by atoms with van der Waals surface area (Å²) in [6.07, 6.45) is 3.12. The van der Waals surface area contributed by atoms with Gasteiger partial charge in [-0.3, -0.25) is 9.78 Å². The zero-order chi connectivity index (χ0) is 14.1. The molecule has 2 N–H and O–H groups in total. The van der Waals surface area contributed by atoms with E-state index in [0.717, 1.165) is 22.0 Å². The lowest BCUT2D eigenvalue weighted by Crippen LogP contribution is -2.36. The van der Waals surface area contributed by atoms with Crippen molar-refractivity contribution in [2.45, 2.75) is 11.8 Å². The second-order valence-corrected chi connectivity index (χ2v) is 5.71. The summed E-state index contributed by atoms with van der Waals surface area (Å²) in [7, 11) is 0. The summed E-state index contributed by atoms with van der Waals surface area (Å²) >= 11 is 1.73. The van der Waals surface area contributed by atoms with Crippen LogP contribution in [0.1, 0.15) is 16.2 Å². The molecule has 0 atom stereocenters. The molecule has 0 aliphatic carbocycles. The van der Waals surface area contributed by atoms with Gasteiger partial charge in [-0.15, -0.1) is 11.8 Å². The van der Waals surface area contributed by atoms with Crippen LogP contribution >= 0.6 is 11.8 Å². The summed E-state index contributed by atoms with van der Waals surface area (Å²) in [5.74, 6) is 0.728. The van der Waals surface area contributed by atoms with Gasteiger partial charge in [0.05, 0.1) is 17.6 Å². The summed E-state index contributed by atoms with van der Waals surface area (Å²) in [4.78, 5) is 23.6. The molecular formula is C14H14N4OS. The fourth-order valence-electron chi connectivity index (χ4n) is 2.09. The molecule has 1 aliphatic heterocycles. The highest BCUT2D eigenvalue weighted by molar-refractivity contribution is 7.99. The van der Waals surface area contributed by atoms with E-state index >= 15 is 0 Å². The second kappa shape index (κ2) is 5.13. The van der Waals surface area contributed by atoms with Crippen LogP contribution in [0.4, 0.5) is 11.4 Å². The highest BCUT2D eigenvalue weighted by Crippen LogP contribution is 2.36. The van der Waals surface area contributed by atoms with Crippen molar-refractivity contribution in [1.29, 1.82) is 0 Å². The number of nitrogens with zero attached hydrogens (tertiary/aromatic N) is 3. The number of aromatic nitrogens is 2. The highest BCUT2D eigenvalue weighted by Gasteiger charge is 2.25. The van der Waals surface area contributed by atoms with Crippen molar-refractivity contribution in [1.82, 2.24) is 9.97 Å². The first-order valence-electron chi connectivity index (χ1n) is 6.28. The summed E-state index contributed by atoms with van der Waals surface area (Å²) in [5.41, 5.74) is 8.48. The van der Waals surface area contributed by atoms with Crippen LogP contribution < -0.4 is 10.6 Å². The van der Waals surface area contributed by atoms with Crippen LogP contribution in [0.3, 0.4) is 0 Å². The molecule has 3 rings (SSSR count). The number of aryl methyl sites for hydroxylation is 1. The summed E-state index contributed by atoms with van der Waals surface area (Å²) in [6.45, 7) is 2.49. The third kappa shape index (κ3) is 2.34. The minimum atomic E-state index is -0.135. The van der Waals surface area contributed by atoms with Crippen molar-refractivity contribution >= 4 is 29.0 Å². The average Bonchev–Trinajstić information content (AvgIpc) is 2.46. The fraction of sp³-hybridized carbons (Fsp3) is 0.214. The van der Waals surface area contributed by atoms with Gasteiger partial charge in [0, 0.05) is 29.1 Å². The minimum absolute atomic E-state index is 0.135. The van der Waals surface area contributed by atoms with Gasteiger partial charge in [0.2, 0.25) is 0 Å². The molecule has 1 amide bonds. The Bertz CT molecular complexity index is 657. The Labute approximate surface area is 121 Å². The number of anilines is 2. The number of fused-ring (bicyclic) bond motifs is 1. The van der Waals surface area contributed by atoms with E-state index in [1.165, 1.54) is 6.20 Å². The van der Waals surface area contributed by atoms with Gasteiger partial charge in [0.25, 0.3) is 5.91 Å². The van der Waals surface area contributed by atoms with Gasteiger partial charge in [-0.2, -0.15) is 0 Å². The maximum atomic E-state index is 12.6. The molecule has 1 aromatic carbocycles. The standard InChI is InChI=1S/C14H14N4OS/c1-9-7-17-11(8-16-9)14(19)18-4-5-20-13-3-2-10(15)6-12(13)18/h2-3,6-8H,4-5,15H2,1H3. The third-order valence-electron chi connectivity index (χ3n) is 3.09. The van der Waals surface area contributed by atoms with Gasteiger partial charge in [0.1, 0.15) is 5.69 Å². The van der Waals surface area contributed by atoms with E-state index in [1.807, 2.05) is 25.1 Å². The van der Waals surface area contributed by atoms with E-state index in [0.29, 0.717) is 17.9 Å². The molecule has 5 nitrogen and oxygen atoms in total. The molecule has 2 heterocycles. The van der Waals surface area contributed by atoms with Crippen molar-refractivity contribution < 1.29 is 4.79 Å². The fourth-order valence-corrected chi connectivity index (χ4v) is 3.06. The zero-order valence-electron chi connectivity index (χ0n) is 11.0. The van der Waals surface area contributed by atoms with Crippen LogP contribution in [-0.4, -0.2) is 28.2 Å². The summed E-state index contributed by atoms with van der Waals surface area (Å²) in [5, 5.41) is 0. The Morgan fingerprint density at radius 3 is 2.95 bits per heavy atom. The van der Waals surface area contributed by atoms with Gasteiger partial charge in [0.15, 0.2) is 0 Å². The van der Waals surface area contributed by atoms with E-state index in [9.17, 15) is 4.79 Å². The lowest BCUT2D eigenvalue weighted by molar-refractivity contribution is 0.0982. The van der Waals surface area contributed by atoms with E-state index in [4.69, 9.17) is 5.73 Å². The topological polar surface area (TPSA) is 72.1 Å². The number of thioether (sulfide) groups is 1. The second-order valence-electron chi connectivity index (χ2n) is 4.58. The smallest absolute Gasteiger partial charge is 0.278 e. The Morgan fingerprint density at radius 1 is 1.35 bits per heavy atom. The van der Waals surface area contributed by atoms with E-state index in [1.54, 1.807) is 22.9 Å². The van der Waals surface area contributed by atoms with Gasteiger partial charge in [-0.25, -0.2) is 4.98 Å². The number of benzene rings is 1. The van der Waals surface area contributed by atoms with Crippen molar-refractivity contribution in [2.24, 2.45) is 0 Å². The van der Waals surface area contributed by atoms with Crippen LogP contribution in [-0.2, 0) is 0 Å². The van der Waals surface area contributed by atoms with Gasteiger partial charge >= 0.3 is 0 Å². The first-order chi connectivity index (χ1) is 9.65. The Morgan fingerprint density at radius 2 is 2.20 bits per heavy atom. The lowest BCUT2D eigenvalue weighted by Gasteiger charge is -2.28. The first kappa shape index (κ1) is 12.9. The first-order valence-corrected chi connectivity index (χ1v) is 7.26. The van der Waals surface area contributed by atoms with Crippen molar-refractivity contribution in [2.75, 3.05) is 22.9 Å². The molecule has 1 aromatic heterocycles. The molecule has 0 bridgehead atoms. The Balaban J connectivity index is 1.97. The predicted molar refractivity (Wildman–Crippen MR) is 80.0 cm³/mol. The van der Waals surface area contributed by atoms with Crippen LogP contribution in [0, 0.1) is 6.92 Å². The van der Waals surface area contributed by atoms with Crippen molar-refractivity contribution in [3.63, 3.8) is 0 Å². The molecule has 0 unspecified atom stereocenters. The SMILES string of the molecule is Cc1cnc(C(=O)N2CCSc3ccc(N)cc32)cn1. The van der Waals surface area contributed by atoms with Gasteiger partial charge < -0.3 is 10.6 Å². The molecule has 1 aliphatic rings. The molecule has 20 heavy (non-hydrogen) atoms. The van der Waals surface area contributed by atoms with Crippen molar-refractivity contribution in [3.05, 3.63) is 42.0 Å². The monoisotopic (exact) mass is 286 g/mol. The van der Waals surface area contributed by atoms with Crippen molar-refractivity contribution in [3.8, 4) is 0 Å². The Hall–Kier alpha value is -2.08. The predicted octanol–water partition coefficient (Wildman–Crippen LogP) is 2.12. The molecule has 6 heteroatoms. The van der Waals surface area contributed by atoms with E-state index in [-0.39, 0.29) is 5.91 Å². The number of nitrogens with two attached hydrogens (primary N) is 1. The minimum Gasteiger partial charge on any atom is -0.399 e. The number of nitrogen functional groups attached to an aromatic ring is 1. The molecule has 2 aromatic rings. The largest absolute Gasteiger partial charge is 0.399 e. The number of rotatable bonds is 1. The number of carbonyl (C=O) groups excluding carboxylic acids is 1. The highest BCUT2D eigenvalue weighted by atomic mass is 32.2. The molecule has 0 fully saturated rings. The average molecular weight is 286 g/mol. The summed E-state index contributed by atoms with van der Waals surface area (Å²) < 4.78 is 0. The molecular weight excluding hydrogens is 272 g/mol. The van der Waals surface area contributed by atoms with Gasteiger partial charge in [-0.05, 0) is 25.1 Å². The molecule has 0 radical (unpaired) electrons. The maximum Gasteiger partial charge on any atom is 0.278 e. The maximum absolute atomic E-state index is 12.6. The van der Waals surface area contributed by atoms with E-state index < -0.39 is 0 Å². The van der Waals surface area contributed by atoms with E-state index in [2.05, 4.69) is 9.97 Å². The van der Waals surface area contributed by atoms with Crippen LogP contribution in [0.25, 0.3) is 0 Å². The van der Waals surface area contributed by atoms with Crippen LogP contribution in [0.5, 0.6) is 0 Å². The zero-order valence-corrected chi connectivity index (χ0v) is 11.9. The number of amides is 1. The third-order valence-corrected chi connectivity index (χ3v) is 4.13. The number of hydrogen-bond acceptors (Lipinski definition) is 5. The molecule has 102 valence electrons. The van der Waals surface area contributed by atoms with Crippen LogP contribution in [0.15, 0.2) is 35.5 Å².